The minimum absolute atomic E-state index is 0.354. The van der Waals surface area contributed by atoms with Crippen LogP contribution in [0.1, 0.15) is 40.5 Å². The number of nitrogens with one attached hydrogen (secondary N) is 1. The maximum Gasteiger partial charge on any atom is 0.116 e. The van der Waals surface area contributed by atoms with E-state index in [1.165, 1.54) is 12.8 Å². The number of hydrogen-bond donors (Lipinski definition) is 1. The number of piperidine rings is 1. The monoisotopic (exact) mass is 223 g/mol. The zero-order chi connectivity index (χ0) is 12.2. The van der Waals surface area contributed by atoms with Crippen molar-refractivity contribution < 1.29 is 0 Å². The highest BCUT2D eigenvalue weighted by Gasteiger charge is 2.29. The van der Waals surface area contributed by atoms with Crippen LogP contribution in [0.15, 0.2) is 0 Å². The van der Waals surface area contributed by atoms with Gasteiger partial charge in [0.2, 0.25) is 0 Å². The van der Waals surface area contributed by atoms with Crippen molar-refractivity contribution in [3.8, 4) is 6.07 Å². The summed E-state index contributed by atoms with van der Waals surface area (Å²) >= 11 is 0. The first-order valence-electron chi connectivity index (χ1n) is 6.36. The van der Waals surface area contributed by atoms with Crippen molar-refractivity contribution in [1.29, 1.82) is 5.26 Å². The average Bonchev–Trinajstić information content (AvgIpc) is 2.16. The van der Waals surface area contributed by atoms with E-state index in [-0.39, 0.29) is 0 Å². The Morgan fingerprint density at radius 2 is 2.25 bits per heavy atom. The molecular weight excluding hydrogens is 198 g/mol. The van der Waals surface area contributed by atoms with E-state index in [1.54, 1.807) is 0 Å². The quantitative estimate of drug-likeness (QED) is 0.792. The molecule has 0 aromatic heterocycles. The molecule has 3 heteroatoms. The van der Waals surface area contributed by atoms with Crippen molar-refractivity contribution in [2.24, 2.45) is 5.92 Å². The van der Waals surface area contributed by atoms with E-state index in [4.69, 9.17) is 0 Å². The number of hydrogen-bond acceptors (Lipinski definition) is 3. The fourth-order valence-electron chi connectivity index (χ4n) is 2.63. The van der Waals surface area contributed by atoms with Gasteiger partial charge in [0.05, 0.1) is 6.07 Å². The molecule has 0 amide bonds. The van der Waals surface area contributed by atoms with Gasteiger partial charge in [-0.25, -0.2) is 0 Å². The Hall–Kier alpha value is -0.590. The highest BCUT2D eigenvalue weighted by atomic mass is 15.2. The molecule has 0 saturated carbocycles. The van der Waals surface area contributed by atoms with E-state index in [1.807, 2.05) is 6.92 Å². The molecule has 1 rings (SSSR count). The predicted octanol–water partition coefficient (Wildman–Crippen LogP) is 2.00. The number of likely N-dealkylation sites (tertiary alicyclic amines) is 1. The van der Waals surface area contributed by atoms with E-state index >= 15 is 0 Å². The molecule has 0 aromatic carbocycles. The molecule has 0 spiro atoms. The van der Waals surface area contributed by atoms with Crippen LogP contribution in [-0.2, 0) is 0 Å². The van der Waals surface area contributed by atoms with Gasteiger partial charge in [0.25, 0.3) is 0 Å². The van der Waals surface area contributed by atoms with Gasteiger partial charge >= 0.3 is 0 Å². The van der Waals surface area contributed by atoms with Crippen LogP contribution in [0.4, 0.5) is 0 Å². The summed E-state index contributed by atoms with van der Waals surface area (Å²) in [6.07, 6.45) is 2.60. The van der Waals surface area contributed by atoms with Gasteiger partial charge in [0.1, 0.15) is 5.54 Å². The second-order valence-electron chi connectivity index (χ2n) is 5.73. The van der Waals surface area contributed by atoms with Crippen molar-refractivity contribution in [1.82, 2.24) is 10.2 Å². The summed E-state index contributed by atoms with van der Waals surface area (Å²) in [5.74, 6) is 0.774. The first-order chi connectivity index (χ1) is 7.45. The molecule has 2 atom stereocenters. The van der Waals surface area contributed by atoms with Crippen LogP contribution in [0, 0.1) is 17.2 Å². The van der Waals surface area contributed by atoms with E-state index in [0.717, 1.165) is 25.6 Å². The Balaban J connectivity index is 2.52. The molecule has 1 aliphatic heterocycles. The van der Waals surface area contributed by atoms with Crippen LogP contribution in [-0.4, -0.2) is 36.1 Å². The third kappa shape index (κ3) is 4.11. The van der Waals surface area contributed by atoms with Crippen LogP contribution < -0.4 is 5.32 Å². The largest absolute Gasteiger partial charge is 0.300 e. The summed E-state index contributed by atoms with van der Waals surface area (Å²) in [5.41, 5.74) is -0.411. The molecule has 3 nitrogen and oxygen atoms in total. The smallest absolute Gasteiger partial charge is 0.116 e. The molecule has 1 N–H and O–H groups in total. The van der Waals surface area contributed by atoms with Crippen LogP contribution in [0.5, 0.6) is 0 Å². The summed E-state index contributed by atoms with van der Waals surface area (Å²) in [7, 11) is 0. The molecule has 16 heavy (non-hydrogen) atoms. The molecule has 0 aromatic rings. The van der Waals surface area contributed by atoms with Crippen LogP contribution in [0.2, 0.25) is 0 Å². The van der Waals surface area contributed by atoms with Crippen molar-refractivity contribution in [3.05, 3.63) is 0 Å². The fourth-order valence-corrected chi connectivity index (χ4v) is 2.63. The minimum Gasteiger partial charge on any atom is -0.300 e. The third-order valence-electron chi connectivity index (χ3n) is 3.13. The van der Waals surface area contributed by atoms with E-state index in [0.29, 0.717) is 6.04 Å². The Kier molecular flexibility index (Phi) is 4.76. The molecule has 0 bridgehead atoms. The zero-order valence-electron chi connectivity index (χ0n) is 11.1. The number of rotatable bonds is 4. The number of nitriles is 1. The van der Waals surface area contributed by atoms with Gasteiger partial charge < -0.3 is 4.90 Å². The zero-order valence-corrected chi connectivity index (χ0v) is 11.1. The standard InChI is InChI=1S/C13H25N3/c1-11(2)15-13(4,9-14)10-16-7-5-6-12(3)8-16/h11-12,15H,5-8,10H2,1-4H3. The minimum atomic E-state index is -0.411. The maximum atomic E-state index is 9.29. The lowest BCUT2D eigenvalue weighted by Crippen LogP contribution is -2.54. The second kappa shape index (κ2) is 5.65. The lowest BCUT2D eigenvalue weighted by atomic mass is 9.96. The van der Waals surface area contributed by atoms with Crippen LogP contribution in [0.25, 0.3) is 0 Å². The summed E-state index contributed by atoms with van der Waals surface area (Å²) in [4.78, 5) is 2.42. The van der Waals surface area contributed by atoms with Crippen molar-refractivity contribution in [2.45, 2.75) is 52.1 Å². The molecule has 1 saturated heterocycles. The van der Waals surface area contributed by atoms with Gasteiger partial charge in [0.15, 0.2) is 0 Å². The van der Waals surface area contributed by atoms with Gasteiger partial charge in [-0.15, -0.1) is 0 Å². The summed E-state index contributed by atoms with van der Waals surface area (Å²) in [5, 5.41) is 12.7. The highest BCUT2D eigenvalue weighted by Crippen LogP contribution is 2.18. The molecule has 2 unspecified atom stereocenters. The Morgan fingerprint density at radius 1 is 1.56 bits per heavy atom. The SMILES string of the molecule is CC1CCCN(CC(C)(C#N)NC(C)C)C1. The third-order valence-corrected chi connectivity index (χ3v) is 3.13. The summed E-state index contributed by atoms with van der Waals surface area (Å²) < 4.78 is 0. The van der Waals surface area contributed by atoms with Crippen molar-refractivity contribution >= 4 is 0 Å². The maximum absolute atomic E-state index is 9.29. The Morgan fingerprint density at radius 3 is 2.75 bits per heavy atom. The van der Waals surface area contributed by atoms with Crippen molar-refractivity contribution in [2.75, 3.05) is 19.6 Å². The van der Waals surface area contributed by atoms with Crippen molar-refractivity contribution in [3.63, 3.8) is 0 Å². The molecule has 1 fully saturated rings. The lowest BCUT2D eigenvalue weighted by Gasteiger charge is -2.36. The van der Waals surface area contributed by atoms with Gasteiger partial charge in [-0.3, -0.25) is 5.32 Å². The summed E-state index contributed by atoms with van der Waals surface area (Å²) in [6, 6.07) is 2.77. The lowest BCUT2D eigenvalue weighted by molar-refractivity contribution is 0.151. The Labute approximate surface area is 99.8 Å². The summed E-state index contributed by atoms with van der Waals surface area (Å²) in [6.45, 7) is 11.6. The first-order valence-corrected chi connectivity index (χ1v) is 6.36. The Bertz CT molecular complexity index is 256. The number of nitrogens with zero attached hydrogens (tertiary/aromatic N) is 2. The normalized spacial score (nSPS) is 26.4. The van der Waals surface area contributed by atoms with Crippen LogP contribution >= 0.6 is 0 Å². The van der Waals surface area contributed by atoms with E-state index in [9.17, 15) is 5.26 Å². The first kappa shape index (κ1) is 13.5. The van der Waals surface area contributed by atoms with E-state index < -0.39 is 5.54 Å². The molecule has 1 aliphatic rings. The van der Waals surface area contributed by atoms with Gasteiger partial charge in [0, 0.05) is 19.1 Å². The fraction of sp³-hybridized carbons (Fsp3) is 0.923. The average molecular weight is 223 g/mol. The van der Waals surface area contributed by atoms with E-state index in [2.05, 4.69) is 37.1 Å². The van der Waals surface area contributed by atoms with Gasteiger partial charge in [-0.05, 0) is 46.1 Å². The highest BCUT2D eigenvalue weighted by molar-refractivity contribution is 5.06. The molecule has 0 radical (unpaired) electrons. The predicted molar refractivity (Wildman–Crippen MR) is 67.1 cm³/mol. The molecule has 92 valence electrons. The topological polar surface area (TPSA) is 39.1 Å². The van der Waals surface area contributed by atoms with Crippen LogP contribution in [0.3, 0.4) is 0 Å². The second-order valence-corrected chi connectivity index (χ2v) is 5.73. The van der Waals surface area contributed by atoms with Gasteiger partial charge in [-0.1, -0.05) is 6.92 Å². The molecule has 1 heterocycles. The van der Waals surface area contributed by atoms with Gasteiger partial charge in [-0.2, -0.15) is 5.26 Å². The molecular formula is C13H25N3. The molecule has 0 aliphatic carbocycles.